The number of carbonyl (C=O) groups excluding carboxylic acids is 1. The fraction of sp³-hybridized carbons (Fsp3) is 0.294. The maximum Gasteiger partial charge on any atom is 0.221 e. The maximum absolute atomic E-state index is 8.94. The minimum absolute atomic E-state index is 0.403. The number of pyridine rings is 1. The Balaban J connectivity index is 0.000000593. The molecule has 0 atom stereocenters. The first-order valence-corrected chi connectivity index (χ1v) is 7.40. The zero-order chi connectivity index (χ0) is 17.1. The molecular weight excluding hydrogens is 292 g/mol. The van der Waals surface area contributed by atoms with Gasteiger partial charge >= 0.3 is 0 Å². The molecule has 0 bridgehead atoms. The molecule has 6 nitrogen and oxygen atoms in total. The zero-order valence-corrected chi connectivity index (χ0v) is 13.8. The summed E-state index contributed by atoms with van der Waals surface area (Å²) in [4.78, 5) is 13.2. The van der Waals surface area contributed by atoms with E-state index in [1.807, 2.05) is 26.1 Å². The summed E-state index contributed by atoms with van der Waals surface area (Å²) < 4.78 is 5.86. The molecule has 6 heteroatoms. The standard InChI is InChI=1S/C16H20N2O.CH4N2O/c1-4-13-8-5-9-15(17-3)14(13)11-19-16-12(2)7-6-10-18-16;2-3-1-4/h5-10,17H,4,11H2,1-3H3;1H,2H2,(H,3,4). The first kappa shape index (κ1) is 18.4. The van der Waals surface area contributed by atoms with Crippen LogP contribution in [0.2, 0.25) is 0 Å². The van der Waals surface area contributed by atoms with Crippen LogP contribution in [0.5, 0.6) is 5.88 Å². The van der Waals surface area contributed by atoms with Gasteiger partial charge < -0.3 is 10.1 Å². The van der Waals surface area contributed by atoms with Gasteiger partial charge in [-0.05, 0) is 31.0 Å². The monoisotopic (exact) mass is 316 g/mol. The van der Waals surface area contributed by atoms with Crippen molar-refractivity contribution >= 4 is 12.1 Å². The topological polar surface area (TPSA) is 89.3 Å². The van der Waals surface area contributed by atoms with Gasteiger partial charge in [0.15, 0.2) is 0 Å². The molecule has 0 aliphatic carbocycles. The van der Waals surface area contributed by atoms with E-state index in [0.29, 0.717) is 18.9 Å². The van der Waals surface area contributed by atoms with E-state index in [1.165, 1.54) is 11.1 Å². The van der Waals surface area contributed by atoms with Crippen LogP contribution < -0.4 is 21.3 Å². The molecule has 1 aromatic carbocycles. The lowest BCUT2D eigenvalue weighted by atomic mass is 10.0. The Morgan fingerprint density at radius 1 is 1.30 bits per heavy atom. The Kier molecular flexibility index (Phi) is 8.17. The predicted octanol–water partition coefficient (Wildman–Crippen LogP) is 2.18. The van der Waals surface area contributed by atoms with Crippen molar-refractivity contribution in [2.75, 3.05) is 12.4 Å². The highest BCUT2D eigenvalue weighted by Gasteiger charge is 2.08. The Bertz CT molecular complexity index is 595. The molecule has 124 valence electrons. The molecule has 1 aromatic heterocycles. The smallest absolute Gasteiger partial charge is 0.221 e. The second-order valence-electron chi connectivity index (χ2n) is 4.75. The fourth-order valence-electron chi connectivity index (χ4n) is 2.13. The van der Waals surface area contributed by atoms with E-state index < -0.39 is 0 Å². The lowest BCUT2D eigenvalue weighted by molar-refractivity contribution is -0.109. The summed E-state index contributed by atoms with van der Waals surface area (Å²) in [6, 6.07) is 10.2. The van der Waals surface area contributed by atoms with Gasteiger partial charge in [0.1, 0.15) is 6.61 Å². The van der Waals surface area contributed by atoms with Crippen molar-refractivity contribution in [2.24, 2.45) is 5.84 Å². The number of aromatic nitrogens is 1. The van der Waals surface area contributed by atoms with Crippen LogP contribution in [0.15, 0.2) is 36.5 Å². The van der Waals surface area contributed by atoms with Gasteiger partial charge in [0.05, 0.1) is 0 Å². The predicted molar refractivity (Wildman–Crippen MR) is 92.1 cm³/mol. The molecular formula is C17H24N4O2. The normalized spacial score (nSPS) is 9.39. The van der Waals surface area contributed by atoms with E-state index in [2.05, 4.69) is 41.3 Å². The minimum Gasteiger partial charge on any atom is -0.473 e. The van der Waals surface area contributed by atoms with Crippen LogP contribution >= 0.6 is 0 Å². The van der Waals surface area contributed by atoms with Crippen LogP contribution in [-0.4, -0.2) is 18.4 Å². The van der Waals surface area contributed by atoms with Crippen molar-refractivity contribution in [3.8, 4) is 5.88 Å². The molecule has 0 unspecified atom stereocenters. The molecule has 0 saturated carbocycles. The van der Waals surface area contributed by atoms with Gasteiger partial charge in [-0.1, -0.05) is 25.1 Å². The molecule has 0 radical (unpaired) electrons. The minimum atomic E-state index is 0.403. The molecule has 0 aliphatic heterocycles. The zero-order valence-electron chi connectivity index (χ0n) is 13.8. The summed E-state index contributed by atoms with van der Waals surface area (Å²) >= 11 is 0. The number of anilines is 1. The third-order valence-electron chi connectivity index (χ3n) is 3.31. The molecule has 23 heavy (non-hydrogen) atoms. The third-order valence-corrected chi connectivity index (χ3v) is 3.31. The number of benzene rings is 1. The number of aryl methyl sites for hydroxylation is 2. The van der Waals surface area contributed by atoms with Crippen LogP contribution in [0.4, 0.5) is 5.69 Å². The highest BCUT2D eigenvalue weighted by atomic mass is 16.5. The lowest BCUT2D eigenvalue weighted by Crippen LogP contribution is -2.18. The van der Waals surface area contributed by atoms with Crippen LogP contribution in [0.1, 0.15) is 23.6 Å². The second kappa shape index (κ2) is 10.2. The highest BCUT2D eigenvalue weighted by Crippen LogP contribution is 2.23. The summed E-state index contributed by atoms with van der Waals surface area (Å²) in [7, 11) is 1.93. The number of ether oxygens (including phenoxy) is 1. The van der Waals surface area contributed by atoms with E-state index >= 15 is 0 Å². The third kappa shape index (κ3) is 5.60. The SMILES string of the molecule is CCc1cccc(NC)c1COc1ncccc1C.NNC=O. The Hall–Kier alpha value is -2.60. The lowest BCUT2D eigenvalue weighted by Gasteiger charge is -2.15. The van der Waals surface area contributed by atoms with Crippen molar-refractivity contribution in [3.05, 3.63) is 53.2 Å². The number of hydrogen-bond acceptors (Lipinski definition) is 5. The van der Waals surface area contributed by atoms with Crippen molar-refractivity contribution in [1.82, 2.24) is 10.4 Å². The molecule has 2 rings (SSSR count). The van der Waals surface area contributed by atoms with Crippen LogP contribution in [-0.2, 0) is 17.8 Å². The molecule has 2 aromatic rings. The van der Waals surface area contributed by atoms with Crippen molar-refractivity contribution in [2.45, 2.75) is 26.9 Å². The first-order chi connectivity index (χ1) is 11.2. The first-order valence-electron chi connectivity index (χ1n) is 7.40. The molecule has 1 amide bonds. The number of nitrogens with zero attached hydrogens (tertiary/aromatic N) is 1. The van der Waals surface area contributed by atoms with Gasteiger partial charge in [-0.2, -0.15) is 0 Å². The molecule has 1 heterocycles. The Morgan fingerprint density at radius 2 is 2.04 bits per heavy atom. The Labute approximate surface area is 137 Å². The average Bonchev–Trinajstić information content (AvgIpc) is 2.60. The van der Waals surface area contributed by atoms with Crippen LogP contribution in [0.25, 0.3) is 0 Å². The molecule has 0 aliphatic rings. The van der Waals surface area contributed by atoms with E-state index in [0.717, 1.165) is 17.7 Å². The van der Waals surface area contributed by atoms with Gasteiger partial charge in [0.2, 0.25) is 12.3 Å². The quantitative estimate of drug-likeness (QED) is 0.329. The Morgan fingerprint density at radius 3 is 2.61 bits per heavy atom. The number of rotatable bonds is 6. The number of carbonyl (C=O) groups is 1. The summed E-state index contributed by atoms with van der Waals surface area (Å²) in [5, 5.41) is 3.22. The fourth-order valence-corrected chi connectivity index (χ4v) is 2.13. The summed E-state index contributed by atoms with van der Waals surface area (Å²) in [5.74, 6) is 5.11. The maximum atomic E-state index is 8.94. The van der Waals surface area contributed by atoms with Crippen LogP contribution in [0.3, 0.4) is 0 Å². The number of nitrogens with one attached hydrogen (secondary N) is 2. The highest BCUT2D eigenvalue weighted by molar-refractivity contribution is 5.54. The number of amides is 1. The molecule has 4 N–H and O–H groups in total. The van der Waals surface area contributed by atoms with Gasteiger partial charge in [0.25, 0.3) is 0 Å². The van der Waals surface area contributed by atoms with Gasteiger partial charge in [-0.15, -0.1) is 0 Å². The van der Waals surface area contributed by atoms with Gasteiger partial charge in [-0.25, -0.2) is 10.8 Å². The van der Waals surface area contributed by atoms with Crippen molar-refractivity contribution in [1.29, 1.82) is 0 Å². The van der Waals surface area contributed by atoms with Gasteiger partial charge in [-0.3, -0.25) is 10.2 Å². The molecule has 0 spiro atoms. The average molecular weight is 316 g/mol. The second-order valence-corrected chi connectivity index (χ2v) is 4.75. The summed E-state index contributed by atoms with van der Waals surface area (Å²) in [6.07, 6.45) is 3.16. The van der Waals surface area contributed by atoms with Crippen LogP contribution in [0, 0.1) is 6.92 Å². The molecule has 0 fully saturated rings. The molecule has 0 saturated heterocycles. The van der Waals surface area contributed by atoms with E-state index in [9.17, 15) is 0 Å². The van der Waals surface area contributed by atoms with Crippen molar-refractivity contribution < 1.29 is 9.53 Å². The largest absolute Gasteiger partial charge is 0.473 e. The van der Waals surface area contributed by atoms with E-state index in [4.69, 9.17) is 9.53 Å². The number of hydrazine groups is 1. The summed E-state index contributed by atoms with van der Waals surface area (Å²) in [6.45, 7) is 4.70. The summed E-state index contributed by atoms with van der Waals surface area (Å²) in [5.41, 5.74) is 6.44. The number of nitrogens with two attached hydrogens (primary N) is 1. The van der Waals surface area contributed by atoms with Gasteiger partial charge in [0, 0.05) is 30.1 Å². The van der Waals surface area contributed by atoms with Crippen molar-refractivity contribution in [3.63, 3.8) is 0 Å². The van der Waals surface area contributed by atoms with E-state index in [1.54, 1.807) is 11.6 Å². The van der Waals surface area contributed by atoms with E-state index in [-0.39, 0.29) is 0 Å². The number of hydrogen-bond donors (Lipinski definition) is 3.